The lowest BCUT2D eigenvalue weighted by Gasteiger charge is -2.09. The number of ether oxygens (including phenoxy) is 6. The van der Waals surface area contributed by atoms with Crippen molar-refractivity contribution in [1.82, 2.24) is 0 Å². The van der Waals surface area contributed by atoms with Gasteiger partial charge >= 0.3 is 5.97 Å². The largest absolute Gasteiger partial charge is 0.420 e. The van der Waals surface area contributed by atoms with Gasteiger partial charge in [0, 0.05) is 5.88 Å². The van der Waals surface area contributed by atoms with E-state index >= 15 is 0 Å². The molecule has 0 aliphatic heterocycles. The Bertz CT molecular complexity index is 668. The van der Waals surface area contributed by atoms with E-state index in [1.165, 1.54) is 0 Å². The first kappa shape index (κ1) is 28.5. The van der Waals surface area contributed by atoms with E-state index in [0.29, 0.717) is 52.1 Å². The molecule has 32 heavy (non-hydrogen) atoms. The number of rotatable bonds is 18. The van der Waals surface area contributed by atoms with Gasteiger partial charge in [0.25, 0.3) is 0 Å². The first-order valence-electron chi connectivity index (χ1n) is 9.56. The van der Waals surface area contributed by atoms with Crippen LogP contribution < -0.4 is 4.74 Å². The molecule has 184 valence electrons. The summed E-state index contributed by atoms with van der Waals surface area (Å²) in [5, 5.41) is 0. The molecule has 0 saturated carbocycles. The number of carbonyl (C=O) groups excluding carboxylic acids is 1. The predicted octanol–water partition coefficient (Wildman–Crippen LogP) is 3.00. The molecule has 0 N–H and O–H groups in total. The van der Waals surface area contributed by atoms with Crippen molar-refractivity contribution < 1.29 is 55.2 Å². The van der Waals surface area contributed by atoms with Crippen molar-refractivity contribution in [2.75, 3.05) is 71.9 Å². The van der Waals surface area contributed by atoms with Crippen LogP contribution in [0.25, 0.3) is 0 Å². The van der Waals surface area contributed by atoms with Crippen LogP contribution in [0.2, 0.25) is 0 Å². The fraction of sp³-hybridized carbons (Fsp3) is 0.632. The zero-order valence-corrected chi connectivity index (χ0v) is 17.9. The van der Waals surface area contributed by atoms with Gasteiger partial charge < -0.3 is 28.4 Å². The molecule has 13 heteroatoms. The van der Waals surface area contributed by atoms with E-state index in [1.807, 2.05) is 0 Å². The van der Waals surface area contributed by atoms with Crippen molar-refractivity contribution in [1.29, 1.82) is 0 Å². The van der Waals surface area contributed by atoms with Crippen molar-refractivity contribution >= 4 is 17.6 Å². The van der Waals surface area contributed by atoms with Gasteiger partial charge in [-0.15, -0.1) is 11.6 Å². The molecule has 0 aliphatic rings. The van der Waals surface area contributed by atoms with Gasteiger partial charge in [0.05, 0.1) is 72.5 Å². The molecule has 1 rings (SSSR count). The quantitative estimate of drug-likeness (QED) is 0.0591. The molecular formula is C19H24ClF5O7. The minimum Gasteiger partial charge on any atom is -0.420 e. The maximum absolute atomic E-state index is 13.4. The molecule has 0 bridgehead atoms. The Hall–Kier alpha value is -1.57. The number of carbonyl (C=O) groups is 1. The van der Waals surface area contributed by atoms with Gasteiger partial charge in [-0.2, -0.15) is 8.78 Å². The number of halogens is 6. The highest BCUT2D eigenvalue weighted by Crippen LogP contribution is 2.29. The van der Waals surface area contributed by atoms with Crippen LogP contribution in [0, 0.1) is 29.1 Å². The Morgan fingerprint density at radius 3 is 1.31 bits per heavy atom. The number of hydrogen-bond donors (Lipinski definition) is 0. The highest BCUT2D eigenvalue weighted by Gasteiger charge is 2.28. The summed E-state index contributed by atoms with van der Waals surface area (Å²) in [6.45, 7) is 2.89. The predicted molar refractivity (Wildman–Crippen MR) is 101 cm³/mol. The van der Waals surface area contributed by atoms with Gasteiger partial charge in [-0.05, 0) is 0 Å². The van der Waals surface area contributed by atoms with Crippen molar-refractivity contribution in [2.45, 2.75) is 6.42 Å². The highest BCUT2D eigenvalue weighted by molar-refractivity contribution is 6.17. The van der Waals surface area contributed by atoms with E-state index in [0.717, 1.165) is 0 Å². The minimum absolute atomic E-state index is 0.0984. The van der Waals surface area contributed by atoms with E-state index < -0.39 is 47.2 Å². The van der Waals surface area contributed by atoms with Crippen molar-refractivity contribution in [3.05, 3.63) is 29.1 Å². The molecule has 0 atom stereocenters. The standard InChI is InChI=1S/C19H24ClF5O7/c20-2-4-28-6-8-30-10-12-31-11-9-29-7-5-27-3-1-13(26)32-19-17(24)15(22)14(21)16(23)18(19)25/h1-12H2. The summed E-state index contributed by atoms with van der Waals surface area (Å²) in [4.78, 5) is 11.5. The summed E-state index contributed by atoms with van der Waals surface area (Å²) >= 11 is 5.44. The minimum atomic E-state index is -2.34. The van der Waals surface area contributed by atoms with Crippen LogP contribution in [-0.4, -0.2) is 77.9 Å². The van der Waals surface area contributed by atoms with E-state index in [1.54, 1.807) is 0 Å². The molecule has 0 fully saturated rings. The molecule has 0 saturated heterocycles. The molecule has 7 nitrogen and oxygen atoms in total. The zero-order chi connectivity index (χ0) is 23.8. The topological polar surface area (TPSA) is 72.5 Å². The van der Waals surface area contributed by atoms with Gasteiger partial charge in [0.2, 0.25) is 34.8 Å². The third-order valence-corrected chi connectivity index (χ3v) is 3.70. The lowest BCUT2D eigenvalue weighted by Crippen LogP contribution is -2.16. The molecule has 1 aromatic carbocycles. The van der Waals surface area contributed by atoms with E-state index in [9.17, 15) is 26.7 Å². The molecule has 0 heterocycles. The fourth-order valence-corrected chi connectivity index (χ4v) is 2.14. The maximum Gasteiger partial charge on any atom is 0.313 e. The Balaban J connectivity index is 2.02. The molecular weight excluding hydrogens is 471 g/mol. The second-order valence-corrected chi connectivity index (χ2v) is 6.25. The second-order valence-electron chi connectivity index (χ2n) is 5.87. The van der Waals surface area contributed by atoms with Gasteiger partial charge in [-0.25, -0.2) is 13.2 Å². The highest BCUT2D eigenvalue weighted by atomic mass is 35.5. The van der Waals surface area contributed by atoms with Gasteiger partial charge in [-0.3, -0.25) is 4.79 Å². The molecule has 1 aromatic rings. The molecule has 0 aromatic heterocycles. The smallest absolute Gasteiger partial charge is 0.313 e. The Morgan fingerprint density at radius 2 is 0.906 bits per heavy atom. The van der Waals surface area contributed by atoms with E-state index in [2.05, 4.69) is 4.74 Å². The fourth-order valence-electron chi connectivity index (χ4n) is 2.03. The Labute approximate surface area is 186 Å². The number of benzene rings is 1. The summed E-state index contributed by atoms with van der Waals surface area (Å²) in [7, 11) is 0. The maximum atomic E-state index is 13.4. The monoisotopic (exact) mass is 494 g/mol. The van der Waals surface area contributed by atoms with Crippen LogP contribution in [0.3, 0.4) is 0 Å². The summed E-state index contributed by atoms with van der Waals surface area (Å²) in [5.41, 5.74) is 0. The zero-order valence-electron chi connectivity index (χ0n) is 17.1. The summed E-state index contributed by atoms with van der Waals surface area (Å²) in [6.07, 6.45) is -0.473. The molecule has 0 unspecified atom stereocenters. The van der Waals surface area contributed by atoms with Gasteiger partial charge in [0.1, 0.15) is 0 Å². The van der Waals surface area contributed by atoms with Gasteiger partial charge in [-0.1, -0.05) is 0 Å². The summed E-state index contributed by atoms with van der Waals surface area (Å²) < 4.78 is 96.0. The second kappa shape index (κ2) is 17.0. The SMILES string of the molecule is O=C(CCOCCOCCOCCOCCOCCCl)Oc1c(F)c(F)c(F)c(F)c1F. The third-order valence-electron chi connectivity index (χ3n) is 3.55. The lowest BCUT2D eigenvalue weighted by molar-refractivity contribution is -0.136. The van der Waals surface area contributed by atoms with Crippen LogP contribution in [0.5, 0.6) is 5.75 Å². The van der Waals surface area contributed by atoms with Gasteiger partial charge in [0.15, 0.2) is 0 Å². The summed E-state index contributed by atoms with van der Waals surface area (Å²) in [6, 6.07) is 0. The van der Waals surface area contributed by atoms with Crippen LogP contribution in [0.4, 0.5) is 22.0 Å². The first-order chi connectivity index (χ1) is 15.4. The third kappa shape index (κ3) is 10.8. The van der Waals surface area contributed by atoms with Crippen LogP contribution in [-0.2, 0) is 28.5 Å². The number of hydrogen-bond acceptors (Lipinski definition) is 7. The number of esters is 1. The number of alkyl halides is 1. The Kier molecular flexibility index (Phi) is 15.1. The van der Waals surface area contributed by atoms with E-state index in [-0.39, 0.29) is 19.8 Å². The Morgan fingerprint density at radius 1 is 0.562 bits per heavy atom. The van der Waals surface area contributed by atoms with Crippen molar-refractivity contribution in [3.8, 4) is 5.75 Å². The molecule has 0 amide bonds. The molecule has 0 radical (unpaired) electrons. The average molecular weight is 495 g/mol. The van der Waals surface area contributed by atoms with Crippen LogP contribution in [0.1, 0.15) is 6.42 Å². The molecule has 0 aliphatic carbocycles. The molecule has 0 spiro atoms. The first-order valence-corrected chi connectivity index (χ1v) is 10.1. The van der Waals surface area contributed by atoms with Crippen LogP contribution in [0.15, 0.2) is 0 Å². The van der Waals surface area contributed by atoms with Crippen molar-refractivity contribution in [3.63, 3.8) is 0 Å². The van der Waals surface area contributed by atoms with E-state index in [4.69, 9.17) is 35.3 Å². The average Bonchev–Trinajstić information content (AvgIpc) is 2.79. The van der Waals surface area contributed by atoms with Crippen molar-refractivity contribution in [2.24, 2.45) is 0 Å². The van der Waals surface area contributed by atoms with Crippen LogP contribution >= 0.6 is 11.6 Å². The lowest BCUT2D eigenvalue weighted by atomic mass is 10.2. The summed E-state index contributed by atoms with van der Waals surface area (Å²) in [5.74, 6) is -13.6. The normalized spacial score (nSPS) is 11.2.